The number of hydrogen-bond acceptors (Lipinski definition) is 4. The first-order valence-electron chi connectivity index (χ1n) is 6.65. The molecule has 110 valence electrons. The van der Waals surface area contributed by atoms with Crippen molar-refractivity contribution >= 4 is 27.5 Å². The van der Waals surface area contributed by atoms with Gasteiger partial charge in [-0.2, -0.15) is 5.26 Å². The van der Waals surface area contributed by atoms with Gasteiger partial charge in [0.1, 0.15) is 5.54 Å². The van der Waals surface area contributed by atoms with Gasteiger partial charge in [0.15, 0.2) is 0 Å². The Labute approximate surface area is 130 Å². The lowest BCUT2D eigenvalue weighted by molar-refractivity contribution is -0.385. The number of amides is 1. The Bertz CT molecular complexity index is 618. The van der Waals surface area contributed by atoms with Crippen molar-refractivity contribution in [2.24, 2.45) is 0 Å². The van der Waals surface area contributed by atoms with Gasteiger partial charge in [0.05, 0.1) is 15.5 Å². The fraction of sp³-hybridized carbons (Fsp3) is 0.429. The van der Waals surface area contributed by atoms with E-state index in [0.29, 0.717) is 17.3 Å². The minimum absolute atomic E-state index is 0.169. The molecule has 1 aromatic rings. The maximum absolute atomic E-state index is 12.3. The molecule has 1 aromatic carbocycles. The average molecular weight is 352 g/mol. The molecule has 1 amide bonds. The van der Waals surface area contributed by atoms with Gasteiger partial charge in [-0.15, -0.1) is 0 Å². The molecule has 1 aliphatic rings. The van der Waals surface area contributed by atoms with Crippen molar-refractivity contribution in [2.75, 3.05) is 0 Å². The summed E-state index contributed by atoms with van der Waals surface area (Å²) >= 11 is 3.08. The number of nitro groups is 1. The maximum Gasteiger partial charge on any atom is 0.284 e. The number of carbonyl (C=O) groups is 1. The van der Waals surface area contributed by atoms with Crippen molar-refractivity contribution in [2.45, 2.75) is 37.6 Å². The van der Waals surface area contributed by atoms with Crippen LogP contribution in [-0.4, -0.2) is 16.4 Å². The van der Waals surface area contributed by atoms with Crippen LogP contribution in [0.3, 0.4) is 0 Å². The average Bonchev–Trinajstić information content (AvgIpc) is 2.48. The molecule has 0 bridgehead atoms. The van der Waals surface area contributed by atoms with Crippen molar-refractivity contribution in [3.8, 4) is 6.07 Å². The summed E-state index contributed by atoms with van der Waals surface area (Å²) < 4.78 is 0.316. The number of benzene rings is 1. The van der Waals surface area contributed by atoms with E-state index in [1.165, 1.54) is 18.2 Å². The van der Waals surface area contributed by atoms with Crippen LogP contribution in [0.25, 0.3) is 0 Å². The number of nitro benzene ring substituents is 1. The molecule has 0 heterocycles. The molecular formula is C14H14BrN3O3. The molecule has 0 aromatic heterocycles. The van der Waals surface area contributed by atoms with Gasteiger partial charge in [0.25, 0.3) is 11.6 Å². The first kappa shape index (κ1) is 15.4. The van der Waals surface area contributed by atoms with Gasteiger partial charge in [0, 0.05) is 11.6 Å². The lowest BCUT2D eigenvalue weighted by atomic mass is 9.82. The minimum Gasteiger partial charge on any atom is -0.334 e. The molecule has 0 aliphatic heterocycles. The SMILES string of the molecule is N#CC1(NC(=O)c2ccc(Br)c([N+](=O)[O-])c2)CCCCC1. The molecule has 0 atom stereocenters. The van der Waals surface area contributed by atoms with E-state index in [1.807, 2.05) is 0 Å². The van der Waals surface area contributed by atoms with Crippen LogP contribution in [0.5, 0.6) is 0 Å². The molecule has 2 rings (SSSR count). The third-order valence-electron chi connectivity index (χ3n) is 3.68. The highest BCUT2D eigenvalue weighted by Gasteiger charge is 2.34. The zero-order chi connectivity index (χ0) is 15.5. The lowest BCUT2D eigenvalue weighted by Gasteiger charge is -2.31. The molecule has 0 unspecified atom stereocenters. The summed E-state index contributed by atoms with van der Waals surface area (Å²) in [6, 6.07) is 6.37. The summed E-state index contributed by atoms with van der Waals surface area (Å²) in [7, 11) is 0. The third kappa shape index (κ3) is 3.39. The maximum atomic E-state index is 12.3. The Kier molecular flexibility index (Phi) is 4.58. The van der Waals surface area contributed by atoms with Crippen LogP contribution >= 0.6 is 15.9 Å². The quantitative estimate of drug-likeness (QED) is 0.667. The number of nitrogens with one attached hydrogen (secondary N) is 1. The Morgan fingerprint density at radius 1 is 1.38 bits per heavy atom. The van der Waals surface area contributed by atoms with Crippen LogP contribution in [0.15, 0.2) is 22.7 Å². The normalized spacial score (nSPS) is 16.8. The topological polar surface area (TPSA) is 96.0 Å². The highest BCUT2D eigenvalue weighted by Crippen LogP contribution is 2.29. The Morgan fingerprint density at radius 2 is 2.05 bits per heavy atom. The molecule has 0 spiro atoms. The first-order valence-corrected chi connectivity index (χ1v) is 7.44. The molecule has 6 nitrogen and oxygen atoms in total. The molecule has 1 N–H and O–H groups in total. The Hall–Kier alpha value is -1.94. The number of hydrogen-bond donors (Lipinski definition) is 1. The van der Waals surface area contributed by atoms with Gasteiger partial charge in [0.2, 0.25) is 0 Å². The third-order valence-corrected chi connectivity index (χ3v) is 4.35. The largest absolute Gasteiger partial charge is 0.334 e. The van der Waals surface area contributed by atoms with E-state index in [-0.39, 0.29) is 11.3 Å². The molecule has 1 aliphatic carbocycles. The lowest BCUT2D eigenvalue weighted by Crippen LogP contribution is -2.48. The van der Waals surface area contributed by atoms with Crippen LogP contribution < -0.4 is 5.32 Å². The number of rotatable bonds is 3. The standard InChI is InChI=1S/C14H14BrN3O3/c15-11-5-4-10(8-12(11)18(20)21)13(19)17-14(9-16)6-2-1-3-7-14/h4-5,8H,1-3,6-7H2,(H,17,19). The number of halogens is 1. The van der Waals surface area contributed by atoms with E-state index in [0.717, 1.165) is 19.3 Å². The van der Waals surface area contributed by atoms with Gasteiger partial charge in [-0.3, -0.25) is 14.9 Å². The monoisotopic (exact) mass is 351 g/mol. The molecule has 0 radical (unpaired) electrons. The van der Waals surface area contributed by atoms with Crippen molar-refractivity contribution in [3.63, 3.8) is 0 Å². The summed E-state index contributed by atoms with van der Waals surface area (Å²) in [6.45, 7) is 0. The summed E-state index contributed by atoms with van der Waals surface area (Å²) in [5.74, 6) is -0.450. The first-order chi connectivity index (χ1) is 9.97. The molecular weight excluding hydrogens is 338 g/mol. The summed E-state index contributed by atoms with van der Waals surface area (Å²) in [5.41, 5.74) is -0.834. The summed E-state index contributed by atoms with van der Waals surface area (Å²) in [4.78, 5) is 22.6. The highest BCUT2D eigenvalue weighted by atomic mass is 79.9. The minimum atomic E-state index is -0.850. The van der Waals surface area contributed by atoms with Gasteiger partial charge >= 0.3 is 0 Å². The van der Waals surface area contributed by atoms with Gasteiger partial charge < -0.3 is 5.32 Å². The van der Waals surface area contributed by atoms with E-state index in [4.69, 9.17) is 0 Å². The van der Waals surface area contributed by atoms with E-state index < -0.39 is 16.4 Å². The van der Waals surface area contributed by atoms with Crippen molar-refractivity contribution < 1.29 is 9.72 Å². The molecule has 1 fully saturated rings. The second-order valence-corrected chi connectivity index (χ2v) is 5.99. The zero-order valence-electron chi connectivity index (χ0n) is 11.3. The van der Waals surface area contributed by atoms with Crippen LogP contribution in [0.2, 0.25) is 0 Å². The highest BCUT2D eigenvalue weighted by molar-refractivity contribution is 9.10. The molecule has 1 saturated carbocycles. The second kappa shape index (κ2) is 6.22. The van der Waals surface area contributed by atoms with E-state index >= 15 is 0 Å². The van der Waals surface area contributed by atoms with Crippen molar-refractivity contribution in [1.29, 1.82) is 5.26 Å². The van der Waals surface area contributed by atoms with Gasteiger partial charge in [-0.05, 0) is 40.9 Å². The molecule has 21 heavy (non-hydrogen) atoms. The number of nitriles is 1. The number of carbonyl (C=O) groups excluding carboxylic acids is 1. The zero-order valence-corrected chi connectivity index (χ0v) is 12.9. The van der Waals surface area contributed by atoms with Gasteiger partial charge in [-0.1, -0.05) is 19.3 Å². The van der Waals surface area contributed by atoms with Gasteiger partial charge in [-0.25, -0.2) is 0 Å². The van der Waals surface area contributed by atoms with E-state index in [9.17, 15) is 20.2 Å². The second-order valence-electron chi connectivity index (χ2n) is 5.13. The van der Waals surface area contributed by atoms with Crippen LogP contribution in [0.1, 0.15) is 42.5 Å². The Balaban J connectivity index is 2.22. The molecule has 7 heteroatoms. The van der Waals surface area contributed by atoms with Crippen LogP contribution in [0.4, 0.5) is 5.69 Å². The van der Waals surface area contributed by atoms with Crippen LogP contribution in [-0.2, 0) is 0 Å². The van der Waals surface area contributed by atoms with Crippen molar-refractivity contribution in [1.82, 2.24) is 5.32 Å². The molecule has 0 saturated heterocycles. The number of nitrogens with zero attached hydrogens (tertiary/aromatic N) is 2. The predicted molar refractivity (Wildman–Crippen MR) is 79.7 cm³/mol. The fourth-order valence-corrected chi connectivity index (χ4v) is 2.89. The van der Waals surface area contributed by atoms with E-state index in [1.54, 1.807) is 0 Å². The fourth-order valence-electron chi connectivity index (χ4n) is 2.50. The summed E-state index contributed by atoms with van der Waals surface area (Å²) in [6.07, 6.45) is 4.09. The summed E-state index contributed by atoms with van der Waals surface area (Å²) in [5, 5.41) is 23.0. The van der Waals surface area contributed by atoms with Crippen molar-refractivity contribution in [3.05, 3.63) is 38.3 Å². The van der Waals surface area contributed by atoms with Crippen LogP contribution in [0, 0.1) is 21.4 Å². The smallest absolute Gasteiger partial charge is 0.284 e. The van der Waals surface area contributed by atoms with E-state index in [2.05, 4.69) is 27.3 Å². The predicted octanol–water partition coefficient (Wildman–Crippen LogP) is 3.31. The Morgan fingerprint density at radius 3 is 2.62 bits per heavy atom.